The number of halogens is 1. The molecule has 0 aliphatic carbocycles. The standard InChI is InChI=1S/C23H21ClN6O3/c24-18-9-5-4-8-17(18)19-13-26-22(33-19)11-10-20(31)28-23-27-15-30(29-23)14-21(32)25-12-16-6-2-1-3-7-16/h1-9,13,15H,10-12,14H2,(H,25,32)(H,28,29,31). The van der Waals surface area contributed by atoms with E-state index in [1.165, 1.54) is 11.0 Å². The zero-order valence-electron chi connectivity index (χ0n) is 17.6. The number of aryl methyl sites for hydroxylation is 1. The van der Waals surface area contributed by atoms with Crippen molar-refractivity contribution in [1.29, 1.82) is 0 Å². The number of hydrogen-bond acceptors (Lipinski definition) is 6. The Morgan fingerprint density at radius 3 is 2.61 bits per heavy atom. The Hall–Kier alpha value is -3.98. The fourth-order valence-electron chi connectivity index (χ4n) is 3.05. The van der Waals surface area contributed by atoms with Crippen molar-refractivity contribution in [1.82, 2.24) is 25.1 Å². The van der Waals surface area contributed by atoms with Crippen molar-refractivity contribution in [2.75, 3.05) is 5.32 Å². The molecule has 0 fully saturated rings. The molecule has 0 radical (unpaired) electrons. The monoisotopic (exact) mass is 464 g/mol. The topological polar surface area (TPSA) is 115 Å². The molecule has 2 amide bonds. The highest BCUT2D eigenvalue weighted by atomic mass is 35.5. The molecule has 2 aromatic heterocycles. The summed E-state index contributed by atoms with van der Waals surface area (Å²) >= 11 is 6.17. The van der Waals surface area contributed by atoms with E-state index in [0.717, 1.165) is 11.1 Å². The van der Waals surface area contributed by atoms with Gasteiger partial charge in [-0.3, -0.25) is 14.9 Å². The molecule has 2 aromatic carbocycles. The first-order valence-electron chi connectivity index (χ1n) is 10.3. The number of benzene rings is 2. The third kappa shape index (κ3) is 6.27. The fraction of sp³-hybridized carbons (Fsp3) is 0.174. The first-order chi connectivity index (χ1) is 16.1. The van der Waals surface area contributed by atoms with Gasteiger partial charge >= 0.3 is 0 Å². The van der Waals surface area contributed by atoms with Crippen LogP contribution in [0.1, 0.15) is 17.9 Å². The summed E-state index contributed by atoms with van der Waals surface area (Å²) in [5, 5.41) is 10.1. The van der Waals surface area contributed by atoms with Crippen molar-refractivity contribution in [3.05, 3.63) is 83.6 Å². The number of aromatic nitrogens is 4. The van der Waals surface area contributed by atoms with Crippen LogP contribution in [0.25, 0.3) is 11.3 Å². The van der Waals surface area contributed by atoms with Crippen LogP contribution in [0.5, 0.6) is 0 Å². The summed E-state index contributed by atoms with van der Waals surface area (Å²) in [6.45, 7) is 0.424. The normalized spacial score (nSPS) is 10.7. The SMILES string of the molecule is O=C(Cn1cnc(NC(=O)CCc2ncc(-c3ccccc3Cl)o2)n1)NCc1ccccc1. The number of nitrogens with one attached hydrogen (secondary N) is 2. The molecule has 0 spiro atoms. The summed E-state index contributed by atoms with van der Waals surface area (Å²) in [5.74, 6) is 0.592. The minimum absolute atomic E-state index is 0.00313. The Balaban J connectivity index is 1.23. The Morgan fingerprint density at radius 1 is 1.00 bits per heavy atom. The molecule has 10 heteroatoms. The van der Waals surface area contributed by atoms with Gasteiger partial charge in [0.05, 0.1) is 11.2 Å². The minimum Gasteiger partial charge on any atom is -0.441 e. The summed E-state index contributed by atoms with van der Waals surface area (Å²) in [4.78, 5) is 32.6. The first-order valence-corrected chi connectivity index (χ1v) is 10.6. The number of anilines is 1. The Bertz CT molecular complexity index is 1240. The highest BCUT2D eigenvalue weighted by Gasteiger charge is 2.13. The molecule has 0 saturated heterocycles. The molecule has 0 saturated carbocycles. The van der Waals surface area contributed by atoms with Gasteiger partial charge in [0, 0.05) is 24.9 Å². The van der Waals surface area contributed by atoms with Gasteiger partial charge in [-0.05, 0) is 17.7 Å². The molecule has 0 bridgehead atoms. The lowest BCUT2D eigenvalue weighted by Crippen LogP contribution is -2.27. The Kier molecular flexibility index (Phi) is 7.11. The number of hydrogen-bond donors (Lipinski definition) is 2. The summed E-state index contributed by atoms with van der Waals surface area (Å²) in [7, 11) is 0. The van der Waals surface area contributed by atoms with Crippen LogP contribution in [0.3, 0.4) is 0 Å². The molecule has 4 rings (SSSR count). The molecule has 0 unspecified atom stereocenters. The summed E-state index contributed by atoms with van der Waals surface area (Å²) in [6, 6.07) is 16.9. The van der Waals surface area contributed by atoms with Gasteiger partial charge < -0.3 is 9.73 Å². The van der Waals surface area contributed by atoms with Gasteiger partial charge in [0.1, 0.15) is 12.9 Å². The summed E-state index contributed by atoms with van der Waals surface area (Å²) in [6.07, 6.45) is 3.41. The second-order valence-electron chi connectivity index (χ2n) is 7.17. The van der Waals surface area contributed by atoms with Crippen molar-refractivity contribution in [3.8, 4) is 11.3 Å². The number of rotatable bonds is 9. The van der Waals surface area contributed by atoms with Crippen LogP contribution in [0.15, 0.2) is 71.5 Å². The number of carbonyl (C=O) groups excluding carboxylic acids is 2. The van der Waals surface area contributed by atoms with Crippen LogP contribution in [-0.2, 0) is 29.1 Å². The average Bonchev–Trinajstić information content (AvgIpc) is 3.47. The fourth-order valence-corrected chi connectivity index (χ4v) is 3.28. The van der Waals surface area contributed by atoms with E-state index >= 15 is 0 Å². The highest BCUT2D eigenvalue weighted by Crippen LogP contribution is 2.28. The minimum atomic E-state index is -0.293. The van der Waals surface area contributed by atoms with Crippen molar-refractivity contribution < 1.29 is 14.0 Å². The number of carbonyl (C=O) groups is 2. The molecule has 0 atom stereocenters. The zero-order chi connectivity index (χ0) is 23.0. The van der Waals surface area contributed by atoms with E-state index in [-0.39, 0.29) is 30.7 Å². The van der Waals surface area contributed by atoms with E-state index in [1.54, 1.807) is 12.3 Å². The Morgan fingerprint density at radius 2 is 1.79 bits per heavy atom. The molecule has 2 heterocycles. The van der Waals surface area contributed by atoms with Crippen LogP contribution in [0, 0.1) is 0 Å². The van der Waals surface area contributed by atoms with Crippen LogP contribution in [0.2, 0.25) is 5.02 Å². The molecule has 0 aliphatic rings. The predicted molar refractivity (Wildman–Crippen MR) is 122 cm³/mol. The largest absolute Gasteiger partial charge is 0.441 e. The van der Waals surface area contributed by atoms with Gasteiger partial charge in [-0.1, -0.05) is 54.1 Å². The van der Waals surface area contributed by atoms with Gasteiger partial charge in [-0.25, -0.2) is 14.6 Å². The molecule has 168 valence electrons. The maximum absolute atomic E-state index is 12.2. The van der Waals surface area contributed by atoms with E-state index in [0.29, 0.717) is 29.6 Å². The number of amides is 2. The molecule has 33 heavy (non-hydrogen) atoms. The van der Waals surface area contributed by atoms with Gasteiger partial charge in [0.15, 0.2) is 11.7 Å². The molecular weight excluding hydrogens is 444 g/mol. The van der Waals surface area contributed by atoms with Crippen LogP contribution in [-0.4, -0.2) is 31.6 Å². The van der Waals surface area contributed by atoms with Crippen LogP contribution in [0.4, 0.5) is 5.95 Å². The summed E-state index contributed by atoms with van der Waals surface area (Å²) in [5.41, 5.74) is 1.74. The van der Waals surface area contributed by atoms with Gasteiger partial charge in [0.25, 0.3) is 0 Å². The van der Waals surface area contributed by atoms with E-state index in [9.17, 15) is 9.59 Å². The highest BCUT2D eigenvalue weighted by molar-refractivity contribution is 6.33. The Labute approximate surface area is 194 Å². The quantitative estimate of drug-likeness (QED) is 0.392. The van der Waals surface area contributed by atoms with E-state index < -0.39 is 0 Å². The van der Waals surface area contributed by atoms with E-state index in [4.69, 9.17) is 16.0 Å². The molecular formula is C23H21ClN6O3. The lowest BCUT2D eigenvalue weighted by atomic mass is 10.2. The zero-order valence-corrected chi connectivity index (χ0v) is 18.3. The summed E-state index contributed by atoms with van der Waals surface area (Å²) < 4.78 is 7.06. The van der Waals surface area contributed by atoms with Gasteiger partial charge in [-0.2, -0.15) is 0 Å². The van der Waals surface area contributed by atoms with Gasteiger partial charge in [0.2, 0.25) is 17.8 Å². The van der Waals surface area contributed by atoms with Crippen molar-refractivity contribution >= 4 is 29.4 Å². The second-order valence-corrected chi connectivity index (χ2v) is 7.58. The molecule has 9 nitrogen and oxygen atoms in total. The third-order valence-electron chi connectivity index (χ3n) is 4.68. The van der Waals surface area contributed by atoms with Crippen molar-refractivity contribution in [2.24, 2.45) is 0 Å². The molecule has 4 aromatic rings. The first kappa shape index (κ1) is 22.2. The number of nitrogens with zero attached hydrogens (tertiary/aromatic N) is 4. The second kappa shape index (κ2) is 10.6. The smallest absolute Gasteiger partial charge is 0.248 e. The van der Waals surface area contributed by atoms with Crippen molar-refractivity contribution in [3.63, 3.8) is 0 Å². The average molecular weight is 465 g/mol. The van der Waals surface area contributed by atoms with Crippen LogP contribution >= 0.6 is 11.6 Å². The van der Waals surface area contributed by atoms with Crippen LogP contribution < -0.4 is 10.6 Å². The molecule has 2 N–H and O–H groups in total. The predicted octanol–water partition coefficient (Wildman–Crippen LogP) is 3.47. The third-order valence-corrected chi connectivity index (χ3v) is 5.01. The van der Waals surface area contributed by atoms with E-state index in [2.05, 4.69) is 25.7 Å². The number of oxazole rings is 1. The van der Waals surface area contributed by atoms with E-state index in [1.807, 2.05) is 48.5 Å². The lowest BCUT2D eigenvalue weighted by molar-refractivity contribution is -0.122. The molecule has 0 aliphatic heterocycles. The maximum atomic E-state index is 12.2. The lowest BCUT2D eigenvalue weighted by Gasteiger charge is -2.05. The van der Waals surface area contributed by atoms with Gasteiger partial charge in [-0.15, -0.1) is 5.10 Å². The maximum Gasteiger partial charge on any atom is 0.248 e. The van der Waals surface area contributed by atoms with Crippen molar-refractivity contribution in [2.45, 2.75) is 25.9 Å².